The fourth-order valence-corrected chi connectivity index (χ4v) is 4.45. The number of nitrogens with one attached hydrogen (secondary N) is 1. The second-order valence-electron chi connectivity index (χ2n) is 9.81. The van der Waals surface area contributed by atoms with E-state index in [4.69, 9.17) is 21.6 Å². The second-order valence-corrected chi connectivity index (χ2v) is 10.2. The Kier molecular flexibility index (Phi) is 8.27. The first-order chi connectivity index (χ1) is 17.7. The van der Waals surface area contributed by atoms with Crippen molar-refractivity contribution in [3.05, 3.63) is 100 Å². The minimum Gasteiger partial charge on any atom is -0.478 e. The first-order valence-corrected chi connectivity index (χ1v) is 12.7. The molecule has 0 bridgehead atoms. The average Bonchev–Trinajstić information content (AvgIpc) is 2.90. The molecule has 1 amide bonds. The summed E-state index contributed by atoms with van der Waals surface area (Å²) in [6, 6.07) is 23.5. The molecule has 3 aromatic rings. The minimum atomic E-state index is -1.07. The first-order valence-electron chi connectivity index (χ1n) is 12.4. The quantitative estimate of drug-likeness (QED) is 0.407. The van der Waals surface area contributed by atoms with E-state index in [9.17, 15) is 9.59 Å². The maximum absolute atomic E-state index is 13.0. The summed E-state index contributed by atoms with van der Waals surface area (Å²) in [6.07, 6.45) is 1.72. The van der Waals surface area contributed by atoms with Crippen molar-refractivity contribution in [2.24, 2.45) is 0 Å². The van der Waals surface area contributed by atoms with E-state index < -0.39 is 5.60 Å². The van der Waals surface area contributed by atoms with Crippen molar-refractivity contribution in [1.82, 2.24) is 10.2 Å². The zero-order chi connectivity index (χ0) is 26.4. The largest absolute Gasteiger partial charge is 0.478 e. The fourth-order valence-electron chi connectivity index (χ4n) is 4.32. The molecule has 0 aliphatic carbocycles. The van der Waals surface area contributed by atoms with Crippen molar-refractivity contribution < 1.29 is 14.3 Å². The number of ether oxygens (including phenoxy) is 1. The zero-order valence-electron chi connectivity index (χ0n) is 21.0. The lowest BCUT2D eigenvalue weighted by Gasteiger charge is -2.34. The maximum Gasteiger partial charge on any atom is 0.263 e. The van der Waals surface area contributed by atoms with Gasteiger partial charge in [-0.2, -0.15) is 5.26 Å². The molecule has 4 rings (SSSR count). The summed E-state index contributed by atoms with van der Waals surface area (Å²) in [6.45, 7) is 6.09. The first kappa shape index (κ1) is 26.4. The van der Waals surface area contributed by atoms with Gasteiger partial charge in [0.25, 0.3) is 5.91 Å². The number of ketones is 1. The van der Waals surface area contributed by atoms with Crippen LogP contribution in [0, 0.1) is 11.3 Å². The summed E-state index contributed by atoms with van der Waals surface area (Å²) < 4.78 is 6.01. The number of carbonyl (C=O) groups is 2. The number of amides is 1. The molecule has 1 heterocycles. The van der Waals surface area contributed by atoms with E-state index in [1.54, 1.807) is 62.4 Å². The van der Waals surface area contributed by atoms with Crippen LogP contribution in [0.15, 0.2) is 72.8 Å². The Morgan fingerprint density at radius 3 is 2.11 bits per heavy atom. The lowest BCUT2D eigenvalue weighted by molar-refractivity contribution is -0.135. The summed E-state index contributed by atoms with van der Waals surface area (Å²) >= 11 is 5.91. The van der Waals surface area contributed by atoms with Crippen LogP contribution < -0.4 is 10.1 Å². The third-order valence-electron chi connectivity index (χ3n) is 6.55. The summed E-state index contributed by atoms with van der Waals surface area (Å²) in [7, 11) is 0. The van der Waals surface area contributed by atoms with Crippen LogP contribution >= 0.6 is 11.6 Å². The smallest absolute Gasteiger partial charge is 0.263 e. The molecule has 1 N–H and O–H groups in total. The number of benzene rings is 3. The molecular formula is C30H30ClN3O3. The lowest BCUT2D eigenvalue weighted by Crippen LogP contribution is -2.52. The highest BCUT2D eigenvalue weighted by Crippen LogP contribution is 2.22. The van der Waals surface area contributed by atoms with Crippen LogP contribution in [0.2, 0.25) is 5.02 Å². The third-order valence-corrected chi connectivity index (χ3v) is 6.81. The Morgan fingerprint density at radius 1 is 0.973 bits per heavy atom. The van der Waals surface area contributed by atoms with Gasteiger partial charge in [-0.15, -0.1) is 0 Å². The van der Waals surface area contributed by atoms with Crippen molar-refractivity contribution in [2.75, 3.05) is 13.1 Å². The fraction of sp³-hybridized carbons (Fsp3) is 0.300. The van der Waals surface area contributed by atoms with E-state index in [0.29, 0.717) is 27.5 Å². The predicted octanol–water partition coefficient (Wildman–Crippen LogP) is 5.38. The van der Waals surface area contributed by atoms with Gasteiger partial charge in [-0.25, -0.2) is 0 Å². The summed E-state index contributed by atoms with van der Waals surface area (Å²) in [5.41, 5.74) is 1.86. The van der Waals surface area contributed by atoms with E-state index in [1.807, 2.05) is 24.3 Å². The highest BCUT2D eigenvalue weighted by molar-refractivity contribution is 6.30. The Morgan fingerprint density at radius 2 is 1.54 bits per heavy atom. The van der Waals surface area contributed by atoms with Gasteiger partial charge in [-0.05, 0) is 92.9 Å². The van der Waals surface area contributed by atoms with Gasteiger partial charge in [0.1, 0.15) is 5.75 Å². The number of hydrogen-bond donors (Lipinski definition) is 1. The normalized spacial score (nSPS) is 14.5. The number of piperidine rings is 1. The Balaban J connectivity index is 1.26. The number of carbonyl (C=O) groups excluding carboxylic acids is 2. The molecule has 0 atom stereocenters. The molecule has 0 aromatic heterocycles. The molecule has 1 aliphatic heterocycles. The Hall–Kier alpha value is -3.66. The number of halogens is 1. The number of hydrogen-bond acceptors (Lipinski definition) is 5. The topological polar surface area (TPSA) is 82.4 Å². The summed E-state index contributed by atoms with van der Waals surface area (Å²) in [5.74, 6) is 0.246. The molecule has 3 aromatic carbocycles. The van der Waals surface area contributed by atoms with Gasteiger partial charge >= 0.3 is 0 Å². The molecule has 7 heteroatoms. The molecule has 190 valence electrons. The highest BCUT2D eigenvalue weighted by atomic mass is 35.5. The molecule has 0 unspecified atom stereocenters. The number of nitrogens with zero attached hydrogens (tertiary/aromatic N) is 2. The number of nitriles is 1. The van der Waals surface area contributed by atoms with E-state index in [1.165, 1.54) is 5.56 Å². The lowest BCUT2D eigenvalue weighted by atomic mass is 10.0. The van der Waals surface area contributed by atoms with Crippen LogP contribution in [0.3, 0.4) is 0 Å². The van der Waals surface area contributed by atoms with Gasteiger partial charge in [0.2, 0.25) is 0 Å². The van der Waals surface area contributed by atoms with Crippen LogP contribution in [-0.4, -0.2) is 41.3 Å². The molecule has 37 heavy (non-hydrogen) atoms. The predicted molar refractivity (Wildman–Crippen MR) is 144 cm³/mol. The minimum absolute atomic E-state index is 0.0898. The second kappa shape index (κ2) is 11.6. The maximum atomic E-state index is 13.0. The standard InChI is InChI=1S/C30H30ClN3O3/c1-30(2,37-27-13-9-24(10-14-27)28(35)23-7-11-25(31)12-8-23)29(36)33-26-15-17-34(18-16-26)20-22-5-3-21(19-32)4-6-22/h3-14,26H,15-18,20H2,1-2H3,(H,33,36). The van der Waals surface area contributed by atoms with Gasteiger partial charge in [0, 0.05) is 41.8 Å². The van der Waals surface area contributed by atoms with Crippen molar-refractivity contribution in [2.45, 2.75) is 44.9 Å². The van der Waals surface area contributed by atoms with Crippen LogP contribution in [-0.2, 0) is 11.3 Å². The molecule has 0 spiro atoms. The van der Waals surface area contributed by atoms with Gasteiger partial charge in [0.05, 0.1) is 11.6 Å². The van der Waals surface area contributed by atoms with Gasteiger partial charge < -0.3 is 10.1 Å². The van der Waals surface area contributed by atoms with Crippen LogP contribution in [0.5, 0.6) is 5.75 Å². The number of likely N-dealkylation sites (tertiary alicyclic amines) is 1. The van der Waals surface area contributed by atoms with Crippen molar-refractivity contribution in [3.8, 4) is 11.8 Å². The average molecular weight is 516 g/mol. The molecule has 0 saturated carbocycles. The summed E-state index contributed by atoms with van der Waals surface area (Å²) in [4.78, 5) is 28.0. The van der Waals surface area contributed by atoms with E-state index in [-0.39, 0.29) is 17.7 Å². The SMILES string of the molecule is CC(C)(Oc1ccc(C(=O)c2ccc(Cl)cc2)cc1)C(=O)NC1CCN(Cc2ccc(C#N)cc2)CC1. The van der Waals surface area contributed by atoms with Crippen LogP contribution in [0.25, 0.3) is 0 Å². The molecule has 6 nitrogen and oxygen atoms in total. The van der Waals surface area contributed by atoms with E-state index >= 15 is 0 Å². The molecule has 1 saturated heterocycles. The molecule has 1 fully saturated rings. The third kappa shape index (κ3) is 6.97. The Labute approximate surface area is 222 Å². The van der Waals surface area contributed by atoms with Gasteiger partial charge in [-0.3, -0.25) is 14.5 Å². The monoisotopic (exact) mass is 515 g/mol. The molecule has 1 aliphatic rings. The Bertz CT molecular complexity index is 1270. The van der Waals surface area contributed by atoms with E-state index in [0.717, 1.165) is 32.5 Å². The highest BCUT2D eigenvalue weighted by Gasteiger charge is 2.32. The van der Waals surface area contributed by atoms with Crippen LogP contribution in [0.4, 0.5) is 0 Å². The van der Waals surface area contributed by atoms with Crippen molar-refractivity contribution in [3.63, 3.8) is 0 Å². The summed E-state index contributed by atoms with van der Waals surface area (Å²) in [5, 5.41) is 12.7. The van der Waals surface area contributed by atoms with Crippen molar-refractivity contribution >= 4 is 23.3 Å². The molecular weight excluding hydrogens is 486 g/mol. The molecule has 0 radical (unpaired) electrons. The van der Waals surface area contributed by atoms with Crippen molar-refractivity contribution in [1.29, 1.82) is 5.26 Å². The van der Waals surface area contributed by atoms with Crippen LogP contribution in [0.1, 0.15) is 53.7 Å². The van der Waals surface area contributed by atoms with Gasteiger partial charge in [-0.1, -0.05) is 23.7 Å². The zero-order valence-corrected chi connectivity index (χ0v) is 21.8. The number of rotatable bonds is 8. The van der Waals surface area contributed by atoms with Gasteiger partial charge in [0.15, 0.2) is 11.4 Å². The van der Waals surface area contributed by atoms with E-state index in [2.05, 4.69) is 16.3 Å².